The monoisotopic (exact) mass is 878 g/mol. The zero-order valence-corrected chi connectivity index (χ0v) is 32.0. The Morgan fingerprint density at radius 3 is 1.50 bits per heavy atom. The van der Waals surface area contributed by atoms with Crippen LogP contribution in [-0.4, -0.2) is 59.9 Å². The SMILES string of the molecule is CNc1cc(NC(=O)c2cc(Oc3ccc(C(c4ccc(Oc5ccc(OC=O)c(C(C)=O)c5)cc4)(C(F)(F)F)C(F)(F)F)cc3)ccc2C(=O)O)cc(C(C)(O)C(F)(F)F)c1. The Labute approximate surface area is 344 Å². The van der Waals surface area contributed by atoms with E-state index in [2.05, 4.69) is 10.6 Å². The van der Waals surface area contributed by atoms with Crippen LogP contribution in [0.3, 0.4) is 0 Å². The molecule has 0 bridgehead atoms. The van der Waals surface area contributed by atoms with E-state index >= 15 is 0 Å². The number of nitrogens with one attached hydrogen (secondary N) is 2. The highest BCUT2D eigenvalue weighted by atomic mass is 19.4. The number of carboxylic acid groups (broad SMARTS) is 1. The number of halogens is 9. The third kappa shape index (κ3) is 9.14. The summed E-state index contributed by atoms with van der Waals surface area (Å²) in [6.07, 6.45) is -17.1. The first-order valence-electron chi connectivity index (χ1n) is 17.6. The number of alkyl halides is 9. The maximum Gasteiger partial charge on any atom is 0.421 e. The lowest BCUT2D eigenvalue weighted by Gasteiger charge is -2.38. The molecule has 0 aliphatic heterocycles. The van der Waals surface area contributed by atoms with Crippen molar-refractivity contribution in [3.63, 3.8) is 0 Å². The van der Waals surface area contributed by atoms with E-state index in [4.69, 9.17) is 14.2 Å². The molecule has 0 aliphatic carbocycles. The number of aromatic carboxylic acids is 1. The van der Waals surface area contributed by atoms with Crippen LogP contribution in [-0.2, 0) is 15.8 Å². The van der Waals surface area contributed by atoms with Crippen LogP contribution in [0, 0.1) is 0 Å². The summed E-state index contributed by atoms with van der Waals surface area (Å²) >= 11 is 0. The lowest BCUT2D eigenvalue weighted by Crippen LogP contribution is -2.54. The maximum atomic E-state index is 14.9. The number of anilines is 2. The van der Waals surface area contributed by atoms with Crippen LogP contribution < -0.4 is 24.8 Å². The predicted octanol–water partition coefficient (Wildman–Crippen LogP) is 10.2. The van der Waals surface area contributed by atoms with Crippen molar-refractivity contribution in [1.82, 2.24) is 0 Å². The van der Waals surface area contributed by atoms with Gasteiger partial charge < -0.3 is 35.1 Å². The molecule has 62 heavy (non-hydrogen) atoms. The van der Waals surface area contributed by atoms with Gasteiger partial charge in [-0.2, -0.15) is 39.5 Å². The molecular weight excluding hydrogens is 847 g/mol. The largest absolute Gasteiger partial charge is 0.478 e. The first-order valence-corrected chi connectivity index (χ1v) is 17.6. The van der Waals surface area contributed by atoms with Crippen LogP contribution in [0.15, 0.2) is 103 Å². The van der Waals surface area contributed by atoms with Crippen molar-refractivity contribution in [2.45, 2.75) is 43.4 Å². The molecule has 4 N–H and O–H groups in total. The van der Waals surface area contributed by atoms with E-state index in [1.165, 1.54) is 25.2 Å². The van der Waals surface area contributed by atoms with Crippen molar-refractivity contribution >= 4 is 35.5 Å². The average Bonchev–Trinajstić information content (AvgIpc) is 3.18. The molecule has 20 heteroatoms. The van der Waals surface area contributed by atoms with E-state index in [0.29, 0.717) is 31.2 Å². The summed E-state index contributed by atoms with van der Waals surface area (Å²) in [4.78, 5) is 48.1. The van der Waals surface area contributed by atoms with Gasteiger partial charge in [-0.05, 0) is 109 Å². The van der Waals surface area contributed by atoms with Gasteiger partial charge in [-0.3, -0.25) is 14.4 Å². The lowest BCUT2D eigenvalue weighted by atomic mass is 9.73. The standard InChI is InChI=1S/C42H31F9N2O9/c1-22(55)33-19-31(13-15-35(33)60-21-54)62-29-10-6-24(7-11-29)39(41(46,47)48,42(49,50)51)23-4-8-28(9-5-23)61-30-12-14-32(37(57)58)34(20-30)36(56)53-27-17-25(16-26(18-27)52-3)38(2,59)40(43,44)45/h4-21,52,59H,1-3H3,(H,53,56)(H,57,58). The third-order valence-electron chi connectivity index (χ3n) is 9.46. The molecular formula is C42H31F9N2O9. The van der Waals surface area contributed by atoms with Gasteiger partial charge >= 0.3 is 24.5 Å². The van der Waals surface area contributed by atoms with Crippen molar-refractivity contribution in [3.8, 4) is 28.7 Å². The fraction of sp³-hybridized carbons (Fsp3) is 0.190. The molecule has 5 rings (SSSR count). The number of carboxylic acids is 1. The van der Waals surface area contributed by atoms with Crippen molar-refractivity contribution < 1.29 is 83.1 Å². The van der Waals surface area contributed by atoms with Gasteiger partial charge in [0, 0.05) is 18.4 Å². The van der Waals surface area contributed by atoms with Gasteiger partial charge in [-0.25, -0.2) is 4.79 Å². The molecule has 1 unspecified atom stereocenters. The fourth-order valence-corrected chi connectivity index (χ4v) is 6.25. The molecule has 0 fully saturated rings. The summed E-state index contributed by atoms with van der Waals surface area (Å²) in [5.74, 6) is -4.45. The van der Waals surface area contributed by atoms with E-state index in [1.807, 2.05) is 0 Å². The molecule has 1 amide bonds. The first-order chi connectivity index (χ1) is 28.8. The molecule has 0 spiro atoms. The summed E-state index contributed by atoms with van der Waals surface area (Å²) in [6.45, 7) is 1.71. The number of hydrogen-bond acceptors (Lipinski definition) is 9. The summed E-state index contributed by atoms with van der Waals surface area (Å²) in [5, 5.41) is 24.8. The van der Waals surface area contributed by atoms with Crippen molar-refractivity contribution in [2.24, 2.45) is 0 Å². The first kappa shape index (κ1) is 46.0. The molecule has 0 radical (unpaired) electrons. The molecule has 11 nitrogen and oxygen atoms in total. The highest BCUT2D eigenvalue weighted by Gasteiger charge is 2.72. The molecule has 1 atom stereocenters. The second-order valence-electron chi connectivity index (χ2n) is 13.5. The summed E-state index contributed by atoms with van der Waals surface area (Å²) < 4.78 is 146. The number of ketones is 1. The van der Waals surface area contributed by atoms with E-state index in [9.17, 15) is 68.9 Å². The fourth-order valence-electron chi connectivity index (χ4n) is 6.25. The Hall–Kier alpha value is -7.09. The summed E-state index contributed by atoms with van der Waals surface area (Å²) in [6, 6.07) is 14.7. The number of aliphatic hydroxyl groups is 1. The average molecular weight is 879 g/mol. The third-order valence-corrected chi connectivity index (χ3v) is 9.46. The minimum Gasteiger partial charge on any atom is -0.478 e. The van der Waals surface area contributed by atoms with Crippen LogP contribution in [0.5, 0.6) is 28.7 Å². The smallest absolute Gasteiger partial charge is 0.421 e. The Morgan fingerprint density at radius 2 is 1.06 bits per heavy atom. The molecule has 5 aromatic rings. The van der Waals surface area contributed by atoms with Gasteiger partial charge in [0.05, 0.1) is 16.7 Å². The molecule has 0 aliphatic rings. The highest BCUT2D eigenvalue weighted by Crippen LogP contribution is 2.56. The number of hydrogen-bond donors (Lipinski definition) is 4. The topological polar surface area (TPSA) is 160 Å². The van der Waals surface area contributed by atoms with E-state index < -0.39 is 75.0 Å². The molecule has 0 heterocycles. The van der Waals surface area contributed by atoms with Crippen molar-refractivity contribution in [3.05, 3.63) is 137 Å². The van der Waals surface area contributed by atoms with Crippen molar-refractivity contribution in [1.29, 1.82) is 0 Å². The Kier molecular flexibility index (Phi) is 12.7. The number of Topliss-reactive ketones (excluding diaryl/α,β-unsaturated/α-hetero) is 1. The number of ether oxygens (including phenoxy) is 3. The second kappa shape index (κ2) is 17.1. The summed E-state index contributed by atoms with van der Waals surface area (Å²) in [7, 11) is 1.34. The van der Waals surface area contributed by atoms with Crippen LogP contribution in [0.25, 0.3) is 0 Å². The minimum absolute atomic E-state index is 0.0173. The highest BCUT2D eigenvalue weighted by molar-refractivity contribution is 6.11. The lowest BCUT2D eigenvalue weighted by molar-refractivity contribution is -0.288. The minimum atomic E-state index is -5.99. The Morgan fingerprint density at radius 1 is 0.597 bits per heavy atom. The Bertz CT molecular complexity index is 2490. The van der Waals surface area contributed by atoms with Gasteiger partial charge in [-0.15, -0.1) is 0 Å². The quantitative estimate of drug-likeness (QED) is 0.0480. The van der Waals surface area contributed by atoms with Gasteiger partial charge in [0.1, 0.15) is 28.7 Å². The van der Waals surface area contributed by atoms with Crippen LogP contribution in [0.2, 0.25) is 0 Å². The molecule has 326 valence electrons. The maximum absolute atomic E-state index is 14.9. The van der Waals surface area contributed by atoms with Crippen LogP contribution in [0.1, 0.15) is 61.6 Å². The number of carbonyl (C=O) groups excluding carboxylic acids is 3. The van der Waals surface area contributed by atoms with Crippen molar-refractivity contribution in [2.75, 3.05) is 17.7 Å². The number of rotatable bonds is 14. The van der Waals surface area contributed by atoms with Crippen LogP contribution >= 0.6 is 0 Å². The Balaban J connectivity index is 1.45. The van der Waals surface area contributed by atoms with E-state index in [1.54, 1.807) is 0 Å². The number of carbonyl (C=O) groups is 4. The normalized spacial score (nSPS) is 13.0. The van der Waals surface area contributed by atoms with E-state index in [-0.39, 0.29) is 52.2 Å². The molecule has 0 saturated carbocycles. The molecule has 0 saturated heterocycles. The molecule has 5 aromatic carbocycles. The van der Waals surface area contributed by atoms with E-state index in [0.717, 1.165) is 67.6 Å². The number of amides is 1. The van der Waals surface area contributed by atoms with Gasteiger partial charge in [0.25, 0.3) is 12.4 Å². The van der Waals surface area contributed by atoms with Crippen LogP contribution in [0.4, 0.5) is 50.9 Å². The number of benzene rings is 5. The zero-order chi connectivity index (χ0) is 46.0. The van der Waals surface area contributed by atoms with Gasteiger partial charge in [0.15, 0.2) is 11.4 Å². The summed E-state index contributed by atoms with van der Waals surface area (Å²) in [5.41, 5.74) is -12.8. The molecule has 0 aromatic heterocycles. The van der Waals surface area contributed by atoms with Gasteiger partial charge in [-0.1, -0.05) is 24.3 Å². The zero-order valence-electron chi connectivity index (χ0n) is 32.0. The predicted molar refractivity (Wildman–Crippen MR) is 202 cm³/mol. The van der Waals surface area contributed by atoms with Gasteiger partial charge in [0.2, 0.25) is 5.41 Å². The second-order valence-corrected chi connectivity index (χ2v) is 13.5.